The van der Waals surface area contributed by atoms with E-state index >= 15 is 0 Å². The predicted octanol–water partition coefficient (Wildman–Crippen LogP) is 3.78. The average molecular weight is 540 g/mol. The Labute approximate surface area is 219 Å². The molecule has 9 nitrogen and oxygen atoms in total. The Kier molecular flexibility index (Phi) is 6.80. The molecule has 0 bridgehead atoms. The Balaban J connectivity index is 1.48. The van der Waals surface area contributed by atoms with Crippen molar-refractivity contribution in [2.24, 2.45) is 0 Å². The summed E-state index contributed by atoms with van der Waals surface area (Å²) in [6.45, 7) is 1.12. The molecule has 3 N–H and O–H groups in total. The molecule has 1 fully saturated rings. The molecule has 2 aromatic heterocycles. The number of piperazine rings is 1. The third-order valence-electron chi connectivity index (χ3n) is 6.38. The van der Waals surface area contributed by atoms with E-state index < -0.39 is 15.2 Å². The van der Waals surface area contributed by atoms with E-state index in [1.807, 2.05) is 6.07 Å². The van der Waals surface area contributed by atoms with Gasteiger partial charge in [0.05, 0.1) is 19.4 Å². The molecule has 1 atom stereocenters. The van der Waals surface area contributed by atoms with Gasteiger partial charge in [-0.05, 0) is 42.0 Å². The van der Waals surface area contributed by atoms with E-state index in [-0.39, 0.29) is 23.3 Å². The highest BCUT2D eigenvalue weighted by molar-refractivity contribution is 7.91. The van der Waals surface area contributed by atoms with Crippen LogP contribution < -0.4 is 5.32 Å². The molecule has 1 saturated heterocycles. The predicted molar refractivity (Wildman–Crippen MR) is 141 cm³/mol. The van der Waals surface area contributed by atoms with Gasteiger partial charge in [-0.3, -0.25) is 15.1 Å². The minimum absolute atomic E-state index is 0.0423. The SMILES string of the molecule is CN(Cc1ccco1)C(=N)c1ccc(C(N2CCNC(=O)C2)S(=O)(=O)c2cc3cc(Cl)ccc3[nH]2)cc1. The molecule has 0 radical (unpaired) electrons. The number of amides is 1. The topological polar surface area (TPSA) is 122 Å². The molecule has 1 aliphatic rings. The van der Waals surface area contributed by atoms with Gasteiger partial charge in [-0.2, -0.15) is 0 Å². The maximum Gasteiger partial charge on any atom is 0.234 e. The van der Waals surface area contributed by atoms with Gasteiger partial charge < -0.3 is 19.6 Å². The van der Waals surface area contributed by atoms with E-state index in [9.17, 15) is 13.2 Å². The number of carbonyl (C=O) groups is 1. The van der Waals surface area contributed by atoms with Gasteiger partial charge in [-0.25, -0.2) is 8.42 Å². The quantitative estimate of drug-likeness (QED) is 0.243. The van der Waals surface area contributed by atoms with Crippen molar-refractivity contribution < 1.29 is 17.6 Å². The van der Waals surface area contributed by atoms with Crippen LogP contribution in [0.2, 0.25) is 5.02 Å². The fourth-order valence-electron chi connectivity index (χ4n) is 4.54. The van der Waals surface area contributed by atoms with Crippen LogP contribution >= 0.6 is 11.6 Å². The Morgan fingerprint density at radius 1 is 1.19 bits per heavy atom. The highest BCUT2D eigenvalue weighted by Gasteiger charge is 2.37. The molecule has 1 unspecified atom stereocenters. The summed E-state index contributed by atoms with van der Waals surface area (Å²) in [4.78, 5) is 18.6. The van der Waals surface area contributed by atoms with Crippen molar-refractivity contribution in [1.82, 2.24) is 20.1 Å². The van der Waals surface area contributed by atoms with Crippen molar-refractivity contribution in [1.29, 1.82) is 5.41 Å². The molecule has 11 heteroatoms. The lowest BCUT2D eigenvalue weighted by Crippen LogP contribution is -2.50. The summed E-state index contributed by atoms with van der Waals surface area (Å²) in [7, 11) is -2.17. The van der Waals surface area contributed by atoms with Gasteiger partial charge in [-0.15, -0.1) is 0 Å². The Hall–Kier alpha value is -3.60. The zero-order valence-corrected chi connectivity index (χ0v) is 21.6. The van der Waals surface area contributed by atoms with Crippen LogP contribution in [0.1, 0.15) is 22.3 Å². The smallest absolute Gasteiger partial charge is 0.234 e. The van der Waals surface area contributed by atoms with Crippen LogP contribution in [0.4, 0.5) is 0 Å². The Morgan fingerprint density at radius 3 is 2.68 bits per heavy atom. The number of furan rings is 1. The molecular weight excluding hydrogens is 514 g/mol. The first-order valence-corrected chi connectivity index (χ1v) is 13.6. The molecule has 0 saturated carbocycles. The Morgan fingerprint density at radius 2 is 1.97 bits per heavy atom. The second-order valence-corrected chi connectivity index (χ2v) is 11.4. The number of hydrogen-bond donors (Lipinski definition) is 3. The molecule has 0 spiro atoms. The van der Waals surface area contributed by atoms with Crippen molar-refractivity contribution >= 4 is 44.1 Å². The standard InChI is InChI=1S/C26H26ClN5O4S/c1-31(15-21-3-2-12-36-21)25(28)17-4-6-18(7-5-17)26(32-11-10-29-23(33)16-32)37(34,35)24-14-19-13-20(27)8-9-22(19)30-24/h2-9,12-14,26,28,30H,10-11,15-16H2,1H3,(H,29,33). The summed E-state index contributed by atoms with van der Waals surface area (Å²) in [5, 5.41) is 11.5. The molecular formula is C26H26ClN5O4S. The summed E-state index contributed by atoms with van der Waals surface area (Å²) >= 11 is 6.10. The van der Waals surface area contributed by atoms with Crippen molar-refractivity contribution in [3.63, 3.8) is 0 Å². The molecule has 1 amide bonds. The lowest BCUT2D eigenvalue weighted by molar-refractivity contribution is -0.124. The van der Waals surface area contributed by atoms with Gasteiger partial charge in [0.1, 0.15) is 22.0 Å². The number of benzene rings is 2. The van der Waals surface area contributed by atoms with E-state index in [1.165, 1.54) is 0 Å². The van der Waals surface area contributed by atoms with Crippen molar-refractivity contribution in [2.75, 3.05) is 26.7 Å². The maximum atomic E-state index is 14.0. The number of nitrogens with one attached hydrogen (secondary N) is 3. The second-order valence-electron chi connectivity index (χ2n) is 8.99. The number of hydrogen-bond acceptors (Lipinski definition) is 6. The normalized spacial score (nSPS) is 15.5. The van der Waals surface area contributed by atoms with E-state index in [0.29, 0.717) is 46.7 Å². The lowest BCUT2D eigenvalue weighted by atomic mass is 10.1. The number of rotatable bonds is 7. The number of aromatic amines is 1. The van der Waals surface area contributed by atoms with Gasteiger partial charge in [0.15, 0.2) is 0 Å². The van der Waals surface area contributed by atoms with Crippen LogP contribution in [0.15, 0.2) is 76.4 Å². The van der Waals surface area contributed by atoms with E-state index in [1.54, 1.807) is 77.7 Å². The summed E-state index contributed by atoms with van der Waals surface area (Å²) in [6.07, 6.45) is 1.59. The fourth-order valence-corrected chi connectivity index (χ4v) is 6.59. The lowest BCUT2D eigenvalue weighted by Gasteiger charge is -2.33. The zero-order valence-electron chi connectivity index (χ0n) is 20.1. The number of nitrogens with zero attached hydrogens (tertiary/aromatic N) is 2. The third-order valence-corrected chi connectivity index (χ3v) is 8.61. The van der Waals surface area contributed by atoms with Crippen LogP contribution in [0.5, 0.6) is 0 Å². The number of aromatic nitrogens is 1. The number of H-pyrrole nitrogens is 1. The number of sulfone groups is 1. The summed E-state index contributed by atoms with van der Waals surface area (Å²) in [6, 6.07) is 17.2. The first-order chi connectivity index (χ1) is 17.7. The van der Waals surface area contributed by atoms with Crippen LogP contribution in [0, 0.1) is 5.41 Å². The fraction of sp³-hybridized carbons (Fsp3) is 0.231. The van der Waals surface area contributed by atoms with Crippen LogP contribution in [0.25, 0.3) is 10.9 Å². The molecule has 1 aliphatic heterocycles. The molecule has 2 aromatic carbocycles. The second kappa shape index (κ2) is 10.0. The molecule has 5 rings (SSSR count). The van der Waals surface area contributed by atoms with Gasteiger partial charge in [0, 0.05) is 41.6 Å². The van der Waals surface area contributed by atoms with Gasteiger partial charge >= 0.3 is 0 Å². The monoisotopic (exact) mass is 539 g/mol. The average Bonchev–Trinajstić information content (AvgIpc) is 3.54. The van der Waals surface area contributed by atoms with Crippen LogP contribution in [-0.2, 0) is 21.2 Å². The summed E-state index contributed by atoms with van der Waals surface area (Å²) in [5.74, 6) is 0.776. The number of amidine groups is 1. The largest absolute Gasteiger partial charge is 0.467 e. The first kappa shape index (κ1) is 25.1. The van der Waals surface area contributed by atoms with Crippen molar-refractivity contribution in [2.45, 2.75) is 16.9 Å². The highest BCUT2D eigenvalue weighted by atomic mass is 35.5. The number of carbonyl (C=O) groups excluding carboxylic acids is 1. The van der Waals surface area contributed by atoms with Gasteiger partial charge in [-0.1, -0.05) is 35.9 Å². The van der Waals surface area contributed by atoms with Crippen LogP contribution in [-0.4, -0.2) is 61.6 Å². The molecule has 37 heavy (non-hydrogen) atoms. The minimum atomic E-state index is -3.96. The van der Waals surface area contributed by atoms with E-state index in [0.717, 1.165) is 5.76 Å². The highest BCUT2D eigenvalue weighted by Crippen LogP contribution is 2.34. The van der Waals surface area contributed by atoms with Crippen molar-refractivity contribution in [3.8, 4) is 0 Å². The van der Waals surface area contributed by atoms with E-state index in [2.05, 4.69) is 10.3 Å². The number of fused-ring (bicyclic) bond motifs is 1. The molecule has 0 aliphatic carbocycles. The number of halogens is 1. The summed E-state index contributed by atoms with van der Waals surface area (Å²) in [5.41, 5.74) is 1.80. The maximum absolute atomic E-state index is 14.0. The third kappa shape index (κ3) is 5.13. The minimum Gasteiger partial charge on any atom is -0.467 e. The van der Waals surface area contributed by atoms with Gasteiger partial charge in [0.25, 0.3) is 0 Å². The van der Waals surface area contributed by atoms with Crippen LogP contribution in [0.3, 0.4) is 0 Å². The van der Waals surface area contributed by atoms with Crippen molar-refractivity contribution in [3.05, 3.63) is 88.8 Å². The summed E-state index contributed by atoms with van der Waals surface area (Å²) < 4.78 is 33.4. The molecule has 4 aromatic rings. The van der Waals surface area contributed by atoms with E-state index in [4.69, 9.17) is 21.4 Å². The molecule has 192 valence electrons. The zero-order chi connectivity index (χ0) is 26.2. The van der Waals surface area contributed by atoms with Gasteiger partial charge in [0.2, 0.25) is 15.7 Å². The molecule has 3 heterocycles. The first-order valence-electron chi connectivity index (χ1n) is 11.7. The Bertz CT molecular complexity index is 1550.